The van der Waals surface area contributed by atoms with Gasteiger partial charge in [-0.1, -0.05) is 301 Å². The van der Waals surface area contributed by atoms with Crippen molar-refractivity contribution in [3.05, 3.63) is 36.5 Å². The van der Waals surface area contributed by atoms with E-state index in [9.17, 15) is 30.3 Å². The summed E-state index contributed by atoms with van der Waals surface area (Å²) in [6, 6.07) is -0.822. The Bertz CT molecular complexity index is 1290. The molecule has 9 nitrogen and oxygen atoms in total. The summed E-state index contributed by atoms with van der Waals surface area (Å²) in [6.45, 7) is 3.81. The topological polar surface area (TPSA) is 149 Å². The number of carbonyl (C=O) groups is 1. The Labute approximate surface area is 470 Å². The van der Waals surface area contributed by atoms with E-state index in [0.717, 1.165) is 38.5 Å². The van der Waals surface area contributed by atoms with Gasteiger partial charge in [0.2, 0.25) is 5.91 Å². The predicted octanol–water partition coefficient (Wildman–Crippen LogP) is 17.5. The number of rotatable bonds is 58. The third kappa shape index (κ3) is 45.2. The summed E-state index contributed by atoms with van der Waals surface area (Å²) >= 11 is 0. The highest BCUT2D eigenvalue weighted by Gasteiger charge is 2.44. The van der Waals surface area contributed by atoms with Crippen LogP contribution in [0.15, 0.2) is 36.5 Å². The van der Waals surface area contributed by atoms with Gasteiger partial charge in [0.1, 0.15) is 24.4 Å². The third-order valence-electron chi connectivity index (χ3n) is 15.9. The number of unbranched alkanes of at least 4 members (excludes halogenated alkanes) is 44. The molecule has 1 saturated heterocycles. The fourth-order valence-corrected chi connectivity index (χ4v) is 10.7. The largest absolute Gasteiger partial charge is 0.394 e. The van der Waals surface area contributed by atoms with Crippen molar-refractivity contribution >= 4 is 5.91 Å². The van der Waals surface area contributed by atoms with Gasteiger partial charge >= 0.3 is 0 Å². The van der Waals surface area contributed by atoms with E-state index in [1.807, 2.05) is 6.08 Å². The van der Waals surface area contributed by atoms with Gasteiger partial charge in [0.05, 0.1) is 25.4 Å². The Balaban J connectivity index is 2.18. The second-order valence-electron chi connectivity index (χ2n) is 23.3. The number of nitrogens with one attached hydrogen (secondary N) is 1. The maximum absolute atomic E-state index is 13.1. The summed E-state index contributed by atoms with van der Waals surface area (Å²) in [5.41, 5.74) is 0. The SMILES string of the molecule is CCCCCCCCCC/C=C\CCCCCCCCCCCCCCCC(=O)NC(COC1OC(CO)C(O)C(O)C1O)C(O)/C=C/CC/C=C/CCCCCCCCCCCCCCCCCCCCCCCC. The van der Waals surface area contributed by atoms with Crippen molar-refractivity contribution in [2.45, 2.75) is 371 Å². The van der Waals surface area contributed by atoms with Crippen LogP contribution in [0.5, 0.6) is 0 Å². The maximum atomic E-state index is 13.1. The zero-order chi connectivity index (χ0) is 55.0. The molecular formula is C67H127NO8. The molecule has 0 aromatic carbocycles. The van der Waals surface area contributed by atoms with Crippen molar-refractivity contribution in [1.82, 2.24) is 5.32 Å². The summed E-state index contributed by atoms with van der Waals surface area (Å²) in [4.78, 5) is 13.1. The second kappa shape index (κ2) is 56.7. The van der Waals surface area contributed by atoms with Gasteiger partial charge in [-0.2, -0.15) is 0 Å². The highest BCUT2D eigenvalue weighted by Crippen LogP contribution is 2.23. The molecule has 6 N–H and O–H groups in total. The van der Waals surface area contributed by atoms with Crippen molar-refractivity contribution in [1.29, 1.82) is 0 Å². The van der Waals surface area contributed by atoms with Crippen LogP contribution in [0.1, 0.15) is 328 Å². The monoisotopic (exact) mass is 1070 g/mol. The van der Waals surface area contributed by atoms with E-state index in [0.29, 0.717) is 6.42 Å². The number of amides is 1. The average molecular weight is 1070 g/mol. The van der Waals surface area contributed by atoms with E-state index in [2.05, 4.69) is 43.5 Å². The molecule has 7 atom stereocenters. The van der Waals surface area contributed by atoms with Crippen LogP contribution in [0, 0.1) is 0 Å². The van der Waals surface area contributed by atoms with Gasteiger partial charge in [0.15, 0.2) is 6.29 Å². The van der Waals surface area contributed by atoms with Crippen molar-refractivity contribution < 1.29 is 39.8 Å². The molecule has 76 heavy (non-hydrogen) atoms. The number of aliphatic hydroxyl groups excluding tert-OH is 5. The van der Waals surface area contributed by atoms with Crippen molar-refractivity contribution in [3.63, 3.8) is 0 Å². The lowest BCUT2D eigenvalue weighted by atomic mass is 9.99. The van der Waals surface area contributed by atoms with Crippen molar-refractivity contribution in [3.8, 4) is 0 Å². The van der Waals surface area contributed by atoms with Crippen LogP contribution in [0.3, 0.4) is 0 Å². The molecule has 0 radical (unpaired) electrons. The van der Waals surface area contributed by atoms with Crippen LogP contribution < -0.4 is 5.32 Å². The zero-order valence-corrected chi connectivity index (χ0v) is 50.0. The Kier molecular flexibility index (Phi) is 54.0. The molecule has 0 aliphatic carbocycles. The van der Waals surface area contributed by atoms with Crippen LogP contribution in [0.2, 0.25) is 0 Å². The summed E-state index contributed by atoms with van der Waals surface area (Å²) in [5.74, 6) is -0.182. The molecule has 1 fully saturated rings. The first-order valence-electron chi connectivity index (χ1n) is 33.2. The lowest BCUT2D eigenvalue weighted by Gasteiger charge is -2.40. The van der Waals surface area contributed by atoms with Gasteiger partial charge in [-0.25, -0.2) is 0 Å². The Morgan fingerprint density at radius 2 is 0.750 bits per heavy atom. The summed E-state index contributed by atoms with van der Waals surface area (Å²) in [6.07, 6.45) is 68.1. The normalized spacial score (nSPS) is 19.0. The number of hydrogen-bond acceptors (Lipinski definition) is 8. The minimum absolute atomic E-state index is 0.182. The Morgan fingerprint density at radius 3 is 1.11 bits per heavy atom. The van der Waals surface area contributed by atoms with E-state index in [-0.39, 0.29) is 12.5 Å². The minimum atomic E-state index is -1.57. The maximum Gasteiger partial charge on any atom is 0.220 e. The van der Waals surface area contributed by atoms with Crippen LogP contribution in [0.4, 0.5) is 0 Å². The van der Waals surface area contributed by atoms with Gasteiger partial charge in [-0.3, -0.25) is 4.79 Å². The summed E-state index contributed by atoms with van der Waals surface area (Å²) in [5, 5.41) is 54.7. The molecule has 0 spiro atoms. The summed E-state index contributed by atoms with van der Waals surface area (Å²) in [7, 11) is 0. The number of allylic oxidation sites excluding steroid dienone is 5. The fourth-order valence-electron chi connectivity index (χ4n) is 10.7. The molecule has 1 amide bonds. The van der Waals surface area contributed by atoms with E-state index in [1.165, 1.54) is 270 Å². The quantitative estimate of drug-likeness (QED) is 0.0261. The molecule has 1 heterocycles. The van der Waals surface area contributed by atoms with Gasteiger partial charge in [0.25, 0.3) is 0 Å². The van der Waals surface area contributed by atoms with Crippen LogP contribution in [-0.2, 0) is 14.3 Å². The molecule has 0 bridgehead atoms. The molecule has 1 rings (SSSR count). The Morgan fingerprint density at radius 1 is 0.434 bits per heavy atom. The highest BCUT2D eigenvalue weighted by molar-refractivity contribution is 5.76. The first-order valence-corrected chi connectivity index (χ1v) is 33.2. The average Bonchev–Trinajstić information content (AvgIpc) is 3.42. The van der Waals surface area contributed by atoms with Crippen LogP contribution >= 0.6 is 0 Å². The molecule has 1 aliphatic heterocycles. The van der Waals surface area contributed by atoms with E-state index in [4.69, 9.17) is 9.47 Å². The van der Waals surface area contributed by atoms with Gasteiger partial charge in [-0.15, -0.1) is 0 Å². The number of aliphatic hydroxyl groups is 5. The lowest BCUT2D eigenvalue weighted by Crippen LogP contribution is -2.60. The second-order valence-corrected chi connectivity index (χ2v) is 23.3. The molecular weight excluding hydrogens is 947 g/mol. The first kappa shape index (κ1) is 72.4. The lowest BCUT2D eigenvalue weighted by molar-refractivity contribution is -0.302. The highest BCUT2D eigenvalue weighted by atomic mass is 16.7. The Hall–Kier alpha value is -1.59. The first-order chi connectivity index (χ1) is 37.3. The standard InChI is InChI=1S/C67H127NO8/c1-3-5-7-9-11-13-15-17-19-21-23-25-27-29-30-31-33-34-36-38-40-42-44-46-48-50-52-54-56-61(70)60(59-75-67-66(74)65(73)64(72)62(58-69)76-67)68-63(71)57-55-53-51-49-47-45-43-41-39-37-35-32-28-26-24-22-20-18-16-14-12-10-8-6-4-2/h22,24,46,48,54,56,60-62,64-67,69-70,72-74H,3-21,23,25-45,47,49-53,55,57-59H2,1-2H3,(H,68,71)/b24-22-,48-46+,56-54+. The van der Waals surface area contributed by atoms with Crippen LogP contribution in [0.25, 0.3) is 0 Å². The number of ether oxygens (including phenoxy) is 2. The van der Waals surface area contributed by atoms with E-state index >= 15 is 0 Å². The van der Waals surface area contributed by atoms with Crippen LogP contribution in [-0.4, -0.2) is 87.5 Å². The molecule has 7 unspecified atom stereocenters. The number of carbonyl (C=O) groups excluding carboxylic acids is 1. The molecule has 1 aliphatic rings. The molecule has 0 saturated carbocycles. The molecule has 9 heteroatoms. The van der Waals surface area contributed by atoms with Crippen molar-refractivity contribution in [2.75, 3.05) is 13.2 Å². The fraction of sp³-hybridized carbons (Fsp3) is 0.896. The van der Waals surface area contributed by atoms with Crippen molar-refractivity contribution in [2.24, 2.45) is 0 Å². The molecule has 0 aromatic heterocycles. The van der Waals surface area contributed by atoms with Gasteiger partial charge < -0.3 is 40.3 Å². The van der Waals surface area contributed by atoms with Gasteiger partial charge in [-0.05, 0) is 57.8 Å². The molecule has 448 valence electrons. The smallest absolute Gasteiger partial charge is 0.220 e. The molecule has 0 aromatic rings. The minimum Gasteiger partial charge on any atom is -0.394 e. The zero-order valence-electron chi connectivity index (χ0n) is 50.0. The third-order valence-corrected chi connectivity index (χ3v) is 15.9. The summed E-state index contributed by atoms with van der Waals surface area (Å²) < 4.78 is 11.3. The van der Waals surface area contributed by atoms with Gasteiger partial charge in [0, 0.05) is 6.42 Å². The predicted molar refractivity (Wildman–Crippen MR) is 323 cm³/mol. The van der Waals surface area contributed by atoms with E-state index in [1.54, 1.807) is 6.08 Å². The van der Waals surface area contributed by atoms with E-state index < -0.39 is 49.5 Å². The number of hydrogen-bond donors (Lipinski definition) is 6.